The molecule has 20 heavy (non-hydrogen) atoms. The third-order valence-corrected chi connectivity index (χ3v) is 3.49. The third-order valence-electron chi connectivity index (χ3n) is 3.19. The van der Waals surface area contributed by atoms with Crippen molar-refractivity contribution in [2.45, 2.75) is 20.4 Å². The molecule has 106 valence electrons. The average molecular weight is 294 g/mol. The van der Waals surface area contributed by atoms with Crippen LogP contribution in [-0.4, -0.2) is 20.7 Å². The monoisotopic (exact) mass is 293 g/mol. The molecule has 0 aliphatic carbocycles. The first-order chi connectivity index (χ1) is 9.40. The van der Waals surface area contributed by atoms with E-state index < -0.39 is 0 Å². The van der Waals surface area contributed by atoms with E-state index in [1.54, 1.807) is 4.68 Å². The molecule has 0 spiro atoms. The standard InChI is InChI=1S/C13H16ClN5O/c1-7-11(8(2)19(3)18-7)6-17-13(20)10-4-9(15)5-16-12(10)14/h4-5H,6,15H2,1-3H3,(H,17,20). The molecule has 1 amide bonds. The number of nitrogens with zero attached hydrogens (tertiary/aromatic N) is 3. The van der Waals surface area contributed by atoms with Crippen LogP contribution in [0.2, 0.25) is 5.15 Å². The van der Waals surface area contributed by atoms with Crippen molar-refractivity contribution in [3.8, 4) is 0 Å². The van der Waals surface area contributed by atoms with Crippen LogP contribution in [0.4, 0.5) is 5.69 Å². The number of halogens is 1. The van der Waals surface area contributed by atoms with Gasteiger partial charge in [-0.05, 0) is 19.9 Å². The van der Waals surface area contributed by atoms with Crippen LogP contribution in [0.25, 0.3) is 0 Å². The van der Waals surface area contributed by atoms with Crippen molar-refractivity contribution in [3.05, 3.63) is 39.9 Å². The quantitative estimate of drug-likeness (QED) is 0.842. The molecule has 2 rings (SSSR count). The van der Waals surface area contributed by atoms with Crippen LogP contribution in [0.15, 0.2) is 12.3 Å². The molecule has 7 heteroatoms. The van der Waals surface area contributed by atoms with Gasteiger partial charge in [0.15, 0.2) is 0 Å². The Kier molecular flexibility index (Phi) is 3.94. The van der Waals surface area contributed by atoms with Crippen LogP contribution in [0.5, 0.6) is 0 Å². The number of anilines is 1. The minimum atomic E-state index is -0.308. The van der Waals surface area contributed by atoms with E-state index in [9.17, 15) is 4.79 Å². The predicted molar refractivity (Wildman–Crippen MR) is 77.5 cm³/mol. The molecule has 0 aliphatic rings. The maximum Gasteiger partial charge on any atom is 0.254 e. The molecule has 3 N–H and O–H groups in total. The molecule has 0 saturated heterocycles. The van der Waals surface area contributed by atoms with Crippen molar-refractivity contribution in [2.24, 2.45) is 7.05 Å². The molecule has 2 heterocycles. The Labute approximate surface area is 121 Å². The topological polar surface area (TPSA) is 85.8 Å². The van der Waals surface area contributed by atoms with E-state index in [1.807, 2.05) is 20.9 Å². The Bertz CT molecular complexity index is 665. The first kappa shape index (κ1) is 14.3. The Balaban J connectivity index is 2.15. The fourth-order valence-electron chi connectivity index (χ4n) is 1.96. The Hall–Kier alpha value is -2.08. The van der Waals surface area contributed by atoms with E-state index in [4.69, 9.17) is 17.3 Å². The van der Waals surface area contributed by atoms with Crippen molar-refractivity contribution in [1.29, 1.82) is 0 Å². The van der Waals surface area contributed by atoms with E-state index in [1.165, 1.54) is 12.3 Å². The lowest BCUT2D eigenvalue weighted by molar-refractivity contribution is 0.0950. The van der Waals surface area contributed by atoms with Gasteiger partial charge < -0.3 is 11.1 Å². The highest BCUT2D eigenvalue weighted by atomic mass is 35.5. The van der Waals surface area contributed by atoms with E-state index in [0.717, 1.165) is 17.0 Å². The lowest BCUT2D eigenvalue weighted by Gasteiger charge is -2.07. The van der Waals surface area contributed by atoms with Gasteiger partial charge in [0.1, 0.15) is 5.15 Å². The predicted octanol–water partition coefficient (Wildman–Crippen LogP) is 1.60. The first-order valence-corrected chi connectivity index (χ1v) is 6.46. The summed E-state index contributed by atoms with van der Waals surface area (Å²) in [6.07, 6.45) is 1.41. The van der Waals surface area contributed by atoms with Crippen LogP contribution in [0, 0.1) is 13.8 Å². The molecule has 0 fully saturated rings. The molecule has 6 nitrogen and oxygen atoms in total. The van der Waals surface area contributed by atoms with Gasteiger partial charge in [-0.1, -0.05) is 11.6 Å². The second-order valence-electron chi connectivity index (χ2n) is 4.56. The van der Waals surface area contributed by atoms with Gasteiger partial charge in [0.25, 0.3) is 5.91 Å². The van der Waals surface area contributed by atoms with Crippen molar-refractivity contribution >= 4 is 23.2 Å². The number of amides is 1. The number of carbonyl (C=O) groups is 1. The van der Waals surface area contributed by atoms with Crippen molar-refractivity contribution in [2.75, 3.05) is 5.73 Å². The summed E-state index contributed by atoms with van der Waals surface area (Å²) < 4.78 is 1.78. The summed E-state index contributed by atoms with van der Waals surface area (Å²) in [5.74, 6) is -0.308. The number of hydrogen-bond donors (Lipinski definition) is 2. The lowest BCUT2D eigenvalue weighted by atomic mass is 10.2. The number of nitrogens with one attached hydrogen (secondary N) is 1. The van der Waals surface area contributed by atoms with E-state index in [2.05, 4.69) is 15.4 Å². The number of nitrogen functional groups attached to an aromatic ring is 1. The fraction of sp³-hybridized carbons (Fsp3) is 0.308. The molecule has 0 unspecified atom stereocenters. The van der Waals surface area contributed by atoms with Crippen molar-refractivity contribution in [3.63, 3.8) is 0 Å². The van der Waals surface area contributed by atoms with Crippen LogP contribution in [0.3, 0.4) is 0 Å². The van der Waals surface area contributed by atoms with Crippen LogP contribution in [0.1, 0.15) is 27.3 Å². The minimum Gasteiger partial charge on any atom is -0.397 e. The van der Waals surface area contributed by atoms with Gasteiger partial charge in [-0.25, -0.2) is 4.98 Å². The molecule has 0 atom stereocenters. The summed E-state index contributed by atoms with van der Waals surface area (Å²) in [6, 6.07) is 1.51. The molecule has 2 aromatic rings. The molecule has 0 aromatic carbocycles. The van der Waals surface area contributed by atoms with Crippen LogP contribution >= 0.6 is 11.6 Å². The molecule has 0 radical (unpaired) electrons. The number of carbonyl (C=O) groups excluding carboxylic acids is 1. The second-order valence-corrected chi connectivity index (χ2v) is 4.92. The number of pyridine rings is 1. The van der Waals surface area contributed by atoms with E-state index in [-0.39, 0.29) is 16.6 Å². The summed E-state index contributed by atoms with van der Waals surface area (Å²) >= 11 is 5.90. The number of aryl methyl sites for hydroxylation is 2. The van der Waals surface area contributed by atoms with Gasteiger partial charge in [0, 0.05) is 24.8 Å². The fourth-order valence-corrected chi connectivity index (χ4v) is 2.15. The van der Waals surface area contributed by atoms with Crippen molar-refractivity contribution in [1.82, 2.24) is 20.1 Å². The number of aromatic nitrogens is 3. The first-order valence-electron chi connectivity index (χ1n) is 6.08. The smallest absolute Gasteiger partial charge is 0.254 e. The largest absolute Gasteiger partial charge is 0.397 e. The summed E-state index contributed by atoms with van der Waals surface area (Å²) in [6.45, 7) is 4.25. The van der Waals surface area contributed by atoms with Gasteiger partial charge in [-0.2, -0.15) is 5.10 Å². The number of nitrogens with two attached hydrogens (primary N) is 1. The third kappa shape index (κ3) is 2.75. The second kappa shape index (κ2) is 5.50. The zero-order chi connectivity index (χ0) is 14.9. The van der Waals surface area contributed by atoms with Gasteiger partial charge >= 0.3 is 0 Å². The molecular weight excluding hydrogens is 278 g/mol. The molecular formula is C13H16ClN5O. The van der Waals surface area contributed by atoms with Gasteiger partial charge in [0.2, 0.25) is 0 Å². The van der Waals surface area contributed by atoms with E-state index in [0.29, 0.717) is 12.2 Å². The van der Waals surface area contributed by atoms with Gasteiger partial charge in [-0.3, -0.25) is 9.48 Å². The molecule has 0 bridgehead atoms. The highest BCUT2D eigenvalue weighted by molar-refractivity contribution is 6.32. The number of rotatable bonds is 3. The average Bonchev–Trinajstić information content (AvgIpc) is 2.64. The summed E-state index contributed by atoms with van der Waals surface area (Å²) in [5.41, 5.74) is 9.17. The van der Waals surface area contributed by atoms with Gasteiger partial charge in [0.05, 0.1) is 23.1 Å². The normalized spacial score (nSPS) is 10.6. The Morgan fingerprint density at radius 1 is 1.50 bits per heavy atom. The zero-order valence-corrected chi connectivity index (χ0v) is 12.3. The zero-order valence-electron chi connectivity index (χ0n) is 11.6. The van der Waals surface area contributed by atoms with Crippen LogP contribution < -0.4 is 11.1 Å². The molecule has 0 saturated carbocycles. The van der Waals surface area contributed by atoms with E-state index >= 15 is 0 Å². The maximum absolute atomic E-state index is 12.1. The lowest BCUT2D eigenvalue weighted by Crippen LogP contribution is -2.24. The summed E-state index contributed by atoms with van der Waals surface area (Å²) in [5, 5.41) is 7.24. The molecule has 0 aliphatic heterocycles. The Morgan fingerprint density at radius 2 is 2.20 bits per heavy atom. The Morgan fingerprint density at radius 3 is 2.80 bits per heavy atom. The number of hydrogen-bond acceptors (Lipinski definition) is 4. The van der Waals surface area contributed by atoms with Crippen molar-refractivity contribution < 1.29 is 4.79 Å². The van der Waals surface area contributed by atoms with Crippen LogP contribution in [-0.2, 0) is 13.6 Å². The SMILES string of the molecule is Cc1nn(C)c(C)c1CNC(=O)c1cc(N)cnc1Cl. The summed E-state index contributed by atoms with van der Waals surface area (Å²) in [4.78, 5) is 16.0. The maximum atomic E-state index is 12.1. The molecule has 2 aromatic heterocycles. The highest BCUT2D eigenvalue weighted by Gasteiger charge is 2.14. The highest BCUT2D eigenvalue weighted by Crippen LogP contribution is 2.16. The van der Waals surface area contributed by atoms with Gasteiger partial charge in [-0.15, -0.1) is 0 Å². The minimum absolute atomic E-state index is 0.135. The summed E-state index contributed by atoms with van der Waals surface area (Å²) in [7, 11) is 1.87.